The molecule has 0 saturated carbocycles. The van der Waals surface area contributed by atoms with Crippen molar-refractivity contribution in [3.05, 3.63) is 59.8 Å². The van der Waals surface area contributed by atoms with Crippen molar-refractivity contribution in [2.75, 3.05) is 18.4 Å². The Balaban J connectivity index is 1.65. The maximum Gasteiger partial charge on any atom is 0.143 e. The highest BCUT2D eigenvalue weighted by molar-refractivity contribution is 5.51. The van der Waals surface area contributed by atoms with Crippen LogP contribution < -0.4 is 5.32 Å². The molecule has 3 rings (SSSR count). The number of benzene rings is 1. The molecule has 0 amide bonds. The topological polar surface area (TPSA) is 72.2 Å². The van der Waals surface area contributed by atoms with E-state index >= 15 is 0 Å². The first-order valence-electron chi connectivity index (χ1n) is 7.81. The fourth-order valence-electron chi connectivity index (χ4n) is 3.03. The lowest BCUT2D eigenvalue weighted by molar-refractivity contribution is 0.173. The summed E-state index contributed by atoms with van der Waals surface area (Å²) in [7, 11) is 0. The van der Waals surface area contributed by atoms with Gasteiger partial charge in [-0.25, -0.2) is 4.98 Å². The third-order valence-electron chi connectivity index (χ3n) is 4.17. The summed E-state index contributed by atoms with van der Waals surface area (Å²) in [6, 6.07) is 16.1. The number of anilines is 1. The summed E-state index contributed by atoms with van der Waals surface area (Å²) in [4.78, 5) is 6.50. The van der Waals surface area contributed by atoms with Crippen molar-refractivity contribution in [3.63, 3.8) is 0 Å². The van der Waals surface area contributed by atoms with Gasteiger partial charge >= 0.3 is 0 Å². The Labute approximate surface area is 136 Å². The maximum absolute atomic E-state index is 10.0. The summed E-state index contributed by atoms with van der Waals surface area (Å²) < 4.78 is 0. The van der Waals surface area contributed by atoms with Gasteiger partial charge in [0.15, 0.2) is 0 Å². The van der Waals surface area contributed by atoms with Crippen molar-refractivity contribution in [1.29, 1.82) is 5.26 Å². The Kier molecular flexibility index (Phi) is 4.86. The van der Waals surface area contributed by atoms with Crippen LogP contribution in [0.25, 0.3) is 0 Å². The van der Waals surface area contributed by atoms with E-state index < -0.39 is 0 Å². The van der Waals surface area contributed by atoms with Gasteiger partial charge in [0.1, 0.15) is 11.9 Å². The van der Waals surface area contributed by atoms with Crippen LogP contribution in [0.2, 0.25) is 0 Å². The van der Waals surface area contributed by atoms with Crippen molar-refractivity contribution in [2.45, 2.75) is 25.1 Å². The van der Waals surface area contributed by atoms with Gasteiger partial charge in [-0.05, 0) is 24.1 Å². The first-order valence-corrected chi connectivity index (χ1v) is 7.81. The third-order valence-corrected chi connectivity index (χ3v) is 4.17. The number of hydrogen-bond acceptors (Lipinski definition) is 5. The number of aliphatic hydroxyl groups is 1. The second-order valence-electron chi connectivity index (χ2n) is 5.85. The van der Waals surface area contributed by atoms with Gasteiger partial charge < -0.3 is 10.4 Å². The predicted molar refractivity (Wildman–Crippen MR) is 88.7 cm³/mol. The lowest BCUT2D eigenvalue weighted by atomic mass is 10.1. The summed E-state index contributed by atoms with van der Waals surface area (Å²) in [6.07, 6.45) is 2.10. The van der Waals surface area contributed by atoms with Gasteiger partial charge in [0.2, 0.25) is 0 Å². The highest BCUT2D eigenvalue weighted by Gasteiger charge is 2.30. The molecule has 2 heterocycles. The van der Waals surface area contributed by atoms with Gasteiger partial charge in [0, 0.05) is 31.9 Å². The lowest BCUT2D eigenvalue weighted by Gasteiger charge is -2.24. The van der Waals surface area contributed by atoms with E-state index in [1.165, 1.54) is 5.56 Å². The molecule has 0 radical (unpaired) electrons. The number of nitriles is 1. The average Bonchev–Trinajstić information content (AvgIpc) is 2.93. The van der Waals surface area contributed by atoms with Crippen LogP contribution in [0, 0.1) is 11.3 Å². The first-order chi connectivity index (χ1) is 11.3. The molecule has 0 bridgehead atoms. The summed E-state index contributed by atoms with van der Waals surface area (Å²) in [6.45, 7) is 2.15. The number of β-amino-alcohol motifs (C(OH)–C–C–N with tert-alkyl or cyclic N) is 1. The standard InChI is InChI=1S/C18H20N4O/c19-10-15-7-4-8-20-18(15)21-11-16-9-17(23)13-22(16)12-14-5-2-1-3-6-14/h1-8,16-17,23H,9,11-13H2,(H,20,21)/t16-,17-/m1/s1. The van der Waals surface area contributed by atoms with Crippen molar-refractivity contribution in [1.82, 2.24) is 9.88 Å². The van der Waals surface area contributed by atoms with Crippen molar-refractivity contribution in [3.8, 4) is 6.07 Å². The molecule has 1 aliphatic heterocycles. The minimum atomic E-state index is -0.301. The van der Waals surface area contributed by atoms with Gasteiger partial charge in [-0.15, -0.1) is 0 Å². The first kappa shape index (κ1) is 15.5. The molecular formula is C18H20N4O. The molecule has 5 heteroatoms. The van der Waals surface area contributed by atoms with E-state index in [0.717, 1.165) is 13.0 Å². The largest absolute Gasteiger partial charge is 0.392 e. The molecule has 1 aromatic carbocycles. The lowest BCUT2D eigenvalue weighted by Crippen LogP contribution is -2.34. The number of nitrogens with one attached hydrogen (secondary N) is 1. The van der Waals surface area contributed by atoms with E-state index in [4.69, 9.17) is 5.26 Å². The predicted octanol–water partition coefficient (Wildman–Crippen LogP) is 2.00. The molecule has 118 valence electrons. The van der Waals surface area contributed by atoms with Gasteiger partial charge in [-0.1, -0.05) is 30.3 Å². The van der Waals surface area contributed by atoms with Gasteiger partial charge in [-0.3, -0.25) is 4.90 Å². The Morgan fingerprint density at radius 2 is 2.09 bits per heavy atom. The Bertz CT molecular complexity index is 683. The molecule has 23 heavy (non-hydrogen) atoms. The summed E-state index contributed by atoms with van der Waals surface area (Å²) in [5.41, 5.74) is 1.78. The van der Waals surface area contributed by atoms with Crippen molar-refractivity contribution < 1.29 is 5.11 Å². The molecule has 1 fully saturated rings. The van der Waals surface area contributed by atoms with Crippen LogP contribution in [0.1, 0.15) is 17.5 Å². The second-order valence-corrected chi connectivity index (χ2v) is 5.85. The van der Waals surface area contributed by atoms with E-state index in [-0.39, 0.29) is 12.1 Å². The van der Waals surface area contributed by atoms with E-state index in [2.05, 4.69) is 33.4 Å². The molecule has 1 aromatic heterocycles. The molecule has 2 N–H and O–H groups in total. The number of aliphatic hydroxyl groups excluding tert-OH is 1. The van der Waals surface area contributed by atoms with Crippen LogP contribution in [0.15, 0.2) is 48.7 Å². The molecule has 1 saturated heterocycles. The molecule has 0 unspecified atom stereocenters. The Morgan fingerprint density at radius 1 is 1.26 bits per heavy atom. The van der Waals surface area contributed by atoms with E-state index in [0.29, 0.717) is 24.5 Å². The molecule has 1 aliphatic rings. The summed E-state index contributed by atoms with van der Waals surface area (Å²) in [5, 5.41) is 22.4. The third kappa shape index (κ3) is 3.86. The highest BCUT2D eigenvalue weighted by Crippen LogP contribution is 2.21. The molecule has 2 atom stereocenters. The van der Waals surface area contributed by atoms with Crippen molar-refractivity contribution >= 4 is 5.82 Å². The molecule has 0 aliphatic carbocycles. The van der Waals surface area contributed by atoms with Crippen LogP contribution >= 0.6 is 0 Å². The van der Waals surface area contributed by atoms with Crippen LogP contribution in [0.4, 0.5) is 5.82 Å². The quantitative estimate of drug-likeness (QED) is 0.884. The van der Waals surface area contributed by atoms with Crippen LogP contribution in [0.5, 0.6) is 0 Å². The van der Waals surface area contributed by atoms with Crippen molar-refractivity contribution in [2.24, 2.45) is 0 Å². The number of rotatable bonds is 5. The molecule has 5 nitrogen and oxygen atoms in total. The summed E-state index contributed by atoms with van der Waals surface area (Å²) in [5.74, 6) is 0.607. The SMILES string of the molecule is N#Cc1cccnc1NC[C@H]1C[C@@H](O)CN1Cc1ccccc1. The Hall–Kier alpha value is -2.42. The zero-order valence-electron chi connectivity index (χ0n) is 12.9. The Morgan fingerprint density at radius 3 is 2.87 bits per heavy atom. The fourth-order valence-corrected chi connectivity index (χ4v) is 3.03. The van der Waals surface area contributed by atoms with Crippen LogP contribution in [-0.2, 0) is 6.54 Å². The number of nitrogens with zero attached hydrogens (tertiary/aromatic N) is 3. The zero-order valence-corrected chi connectivity index (χ0v) is 12.9. The molecular weight excluding hydrogens is 288 g/mol. The van der Waals surface area contributed by atoms with Gasteiger partial charge in [0.05, 0.1) is 11.7 Å². The van der Waals surface area contributed by atoms with Gasteiger partial charge in [-0.2, -0.15) is 5.26 Å². The number of pyridine rings is 1. The highest BCUT2D eigenvalue weighted by atomic mass is 16.3. The van der Waals surface area contributed by atoms with Crippen LogP contribution in [-0.4, -0.2) is 40.2 Å². The normalized spacial score (nSPS) is 21.0. The number of hydrogen-bond donors (Lipinski definition) is 2. The summed E-state index contributed by atoms with van der Waals surface area (Å²) >= 11 is 0. The van der Waals surface area contributed by atoms with Crippen LogP contribution in [0.3, 0.4) is 0 Å². The van der Waals surface area contributed by atoms with Gasteiger partial charge in [0.25, 0.3) is 0 Å². The molecule has 0 spiro atoms. The van der Waals surface area contributed by atoms with E-state index in [9.17, 15) is 5.11 Å². The molecule has 2 aromatic rings. The average molecular weight is 308 g/mol. The maximum atomic E-state index is 10.0. The van der Waals surface area contributed by atoms with E-state index in [1.54, 1.807) is 18.3 Å². The zero-order chi connectivity index (χ0) is 16.1. The van der Waals surface area contributed by atoms with E-state index in [1.807, 2.05) is 18.2 Å². The smallest absolute Gasteiger partial charge is 0.143 e. The minimum Gasteiger partial charge on any atom is -0.392 e. The second kappa shape index (κ2) is 7.23. The minimum absolute atomic E-state index is 0.221. The monoisotopic (exact) mass is 308 g/mol. The number of likely N-dealkylation sites (tertiary alicyclic amines) is 1. The number of aromatic nitrogens is 1. The fraction of sp³-hybridized carbons (Fsp3) is 0.333.